The van der Waals surface area contributed by atoms with Gasteiger partial charge in [0.1, 0.15) is 17.0 Å². The number of nitrogens with one attached hydrogen (secondary N) is 1. The van der Waals surface area contributed by atoms with Gasteiger partial charge >= 0.3 is 11.5 Å². The number of methoxy groups -OCH3 is 2. The molecule has 2 unspecified atom stereocenters. The summed E-state index contributed by atoms with van der Waals surface area (Å²) >= 11 is 0. The first-order chi connectivity index (χ1) is 22.8. The molecule has 1 aliphatic rings. The third-order valence-corrected chi connectivity index (χ3v) is 10.5. The molecule has 1 saturated heterocycles. The standard InChI is InChI=1S/C34H29F3N4O6S/c1-19(23-15-17-38-25-7-5-9-27(46-3)29(23)25)33(20(2)24-16-18-39-26-8-6-10-28(47-4)30(24)26)31(42)41(32(43)40-33)21-11-13-22(14-12-21)48(44,45)34(35,36)37/h5-20H,1-4H3,(H,40,43). The SMILES string of the molecule is COc1cccc2nccc(C(C)C3(C(C)c4ccnc5cccc(OC)c45)NC(=O)N(c4ccc(S(=O)(=O)C(F)(F)F)cc4)C3=O)c12. The van der Waals surface area contributed by atoms with Gasteiger partial charge in [0.25, 0.3) is 15.7 Å². The molecule has 0 spiro atoms. The third kappa shape index (κ3) is 4.89. The highest BCUT2D eigenvalue weighted by molar-refractivity contribution is 7.92. The highest BCUT2D eigenvalue weighted by Crippen LogP contribution is 2.49. The number of hydrogen-bond donors (Lipinski definition) is 1. The molecule has 0 bridgehead atoms. The van der Waals surface area contributed by atoms with Crippen LogP contribution in [0.3, 0.4) is 0 Å². The number of imide groups is 1. The van der Waals surface area contributed by atoms with Gasteiger partial charge in [-0.3, -0.25) is 14.8 Å². The first kappa shape index (κ1) is 32.7. The van der Waals surface area contributed by atoms with Crippen molar-refractivity contribution in [3.8, 4) is 11.5 Å². The maximum absolute atomic E-state index is 14.9. The highest BCUT2D eigenvalue weighted by atomic mass is 32.2. The second kappa shape index (κ2) is 11.8. The van der Waals surface area contributed by atoms with Crippen molar-refractivity contribution in [2.24, 2.45) is 0 Å². The van der Waals surface area contributed by atoms with Crippen LogP contribution in [0.25, 0.3) is 21.8 Å². The monoisotopic (exact) mass is 678 g/mol. The topological polar surface area (TPSA) is 128 Å². The summed E-state index contributed by atoms with van der Waals surface area (Å²) in [5.41, 5.74) is -4.90. The normalized spacial score (nSPS) is 18.2. The van der Waals surface area contributed by atoms with Crippen LogP contribution in [0, 0.1) is 0 Å². The van der Waals surface area contributed by atoms with E-state index >= 15 is 0 Å². The number of hydrogen-bond acceptors (Lipinski definition) is 8. The Hall–Kier alpha value is -5.24. The number of nitrogens with zero attached hydrogens (tertiary/aromatic N) is 3. The number of sulfone groups is 1. The predicted molar refractivity (Wildman–Crippen MR) is 172 cm³/mol. The summed E-state index contributed by atoms with van der Waals surface area (Å²) in [6.45, 7) is 3.58. The Kier molecular flexibility index (Phi) is 8.02. The molecule has 1 fully saturated rings. The fourth-order valence-corrected chi connectivity index (χ4v) is 7.38. The molecular formula is C34H29F3N4O6S. The zero-order valence-corrected chi connectivity index (χ0v) is 26.9. The second-order valence-electron chi connectivity index (χ2n) is 11.3. The Labute approximate surface area is 273 Å². The van der Waals surface area contributed by atoms with Crippen LogP contribution < -0.4 is 19.7 Å². The van der Waals surface area contributed by atoms with Gasteiger partial charge in [0.2, 0.25) is 0 Å². The van der Waals surface area contributed by atoms with Crippen LogP contribution in [0.1, 0.15) is 36.8 Å². The van der Waals surface area contributed by atoms with E-state index in [2.05, 4.69) is 15.3 Å². The zero-order valence-electron chi connectivity index (χ0n) is 26.1. The van der Waals surface area contributed by atoms with Crippen LogP contribution in [-0.4, -0.2) is 55.6 Å². The number of ether oxygens (including phenoxy) is 2. The molecule has 3 heterocycles. The van der Waals surface area contributed by atoms with Crippen LogP contribution in [0.15, 0.2) is 90.1 Å². The number of anilines is 1. The van der Waals surface area contributed by atoms with Crippen LogP contribution in [0.2, 0.25) is 0 Å². The van der Waals surface area contributed by atoms with E-state index in [1.54, 1.807) is 74.8 Å². The van der Waals surface area contributed by atoms with Crippen molar-refractivity contribution < 1.29 is 40.7 Å². The minimum atomic E-state index is -5.66. The van der Waals surface area contributed by atoms with Gasteiger partial charge in [-0.1, -0.05) is 26.0 Å². The first-order valence-corrected chi connectivity index (χ1v) is 16.2. The molecule has 3 aromatic carbocycles. The highest BCUT2D eigenvalue weighted by Gasteiger charge is 2.59. The van der Waals surface area contributed by atoms with E-state index < -0.39 is 49.6 Å². The lowest BCUT2D eigenvalue weighted by Gasteiger charge is -2.39. The van der Waals surface area contributed by atoms with E-state index in [9.17, 15) is 31.2 Å². The number of pyridine rings is 2. The molecule has 10 nitrogen and oxygen atoms in total. The number of rotatable bonds is 8. The summed E-state index contributed by atoms with van der Waals surface area (Å²) < 4.78 is 75.1. The van der Waals surface area contributed by atoms with E-state index in [1.807, 2.05) is 0 Å². The van der Waals surface area contributed by atoms with Crippen molar-refractivity contribution in [3.05, 3.63) is 96.3 Å². The van der Waals surface area contributed by atoms with Gasteiger partial charge in [-0.25, -0.2) is 18.1 Å². The number of fused-ring (bicyclic) bond motifs is 2. The average molecular weight is 679 g/mol. The van der Waals surface area contributed by atoms with E-state index in [0.717, 1.165) is 17.0 Å². The van der Waals surface area contributed by atoms with Gasteiger partial charge in [-0.05, 0) is 71.8 Å². The quantitative estimate of drug-likeness (QED) is 0.185. The summed E-state index contributed by atoms with van der Waals surface area (Å²) in [6.07, 6.45) is 3.19. The largest absolute Gasteiger partial charge is 0.501 e. The average Bonchev–Trinajstić information content (AvgIpc) is 3.35. The van der Waals surface area contributed by atoms with Crippen molar-refractivity contribution in [1.29, 1.82) is 0 Å². The number of amides is 3. The number of aromatic nitrogens is 2. The molecule has 0 saturated carbocycles. The van der Waals surface area contributed by atoms with Crippen LogP contribution in [-0.2, 0) is 14.6 Å². The lowest BCUT2D eigenvalue weighted by atomic mass is 9.68. The van der Waals surface area contributed by atoms with Gasteiger partial charge in [-0.2, -0.15) is 13.2 Å². The van der Waals surface area contributed by atoms with Crippen LogP contribution >= 0.6 is 0 Å². The fraction of sp³-hybridized carbons (Fsp3) is 0.235. The molecule has 0 radical (unpaired) electrons. The van der Waals surface area contributed by atoms with Crippen molar-refractivity contribution in [2.45, 2.75) is 41.6 Å². The Bertz CT molecular complexity index is 2090. The van der Waals surface area contributed by atoms with Gasteiger partial charge in [0.15, 0.2) is 0 Å². The minimum absolute atomic E-state index is 0.116. The lowest BCUT2D eigenvalue weighted by molar-refractivity contribution is -0.123. The maximum Gasteiger partial charge on any atom is 0.501 e. The Balaban J connectivity index is 1.57. The molecule has 0 aliphatic carbocycles. The molecule has 248 valence electrons. The molecular weight excluding hydrogens is 649 g/mol. The number of benzene rings is 3. The Morgan fingerprint density at radius 3 is 1.69 bits per heavy atom. The van der Waals surface area contributed by atoms with E-state index in [0.29, 0.717) is 56.6 Å². The number of carbonyl (C=O) groups excluding carboxylic acids is 2. The lowest BCUT2D eigenvalue weighted by Crippen LogP contribution is -2.55. The summed E-state index contributed by atoms with van der Waals surface area (Å²) in [7, 11) is -2.64. The number of urea groups is 1. The first-order valence-electron chi connectivity index (χ1n) is 14.7. The molecule has 3 amide bonds. The van der Waals surface area contributed by atoms with Crippen LogP contribution in [0.4, 0.5) is 23.7 Å². The van der Waals surface area contributed by atoms with E-state index in [1.165, 1.54) is 14.2 Å². The van der Waals surface area contributed by atoms with Crippen molar-refractivity contribution in [2.75, 3.05) is 19.1 Å². The van der Waals surface area contributed by atoms with Crippen LogP contribution in [0.5, 0.6) is 11.5 Å². The van der Waals surface area contributed by atoms with Gasteiger partial charge in [0, 0.05) is 35.0 Å². The Morgan fingerprint density at radius 2 is 1.25 bits per heavy atom. The molecule has 48 heavy (non-hydrogen) atoms. The third-order valence-electron chi connectivity index (χ3n) is 9.04. The number of alkyl halides is 3. The van der Waals surface area contributed by atoms with E-state index in [4.69, 9.17) is 9.47 Å². The Morgan fingerprint density at radius 1 is 0.771 bits per heavy atom. The molecule has 1 aliphatic heterocycles. The van der Waals surface area contributed by atoms with E-state index in [-0.39, 0.29) is 5.69 Å². The van der Waals surface area contributed by atoms with Gasteiger partial charge in [0.05, 0.1) is 35.8 Å². The zero-order chi connectivity index (χ0) is 34.6. The molecule has 5 aromatic rings. The number of carbonyl (C=O) groups is 2. The van der Waals surface area contributed by atoms with Gasteiger partial charge < -0.3 is 14.8 Å². The summed E-state index contributed by atoms with van der Waals surface area (Å²) in [6, 6.07) is 16.7. The fourth-order valence-electron chi connectivity index (χ4n) is 6.62. The van der Waals surface area contributed by atoms with Crippen molar-refractivity contribution >= 4 is 49.3 Å². The summed E-state index contributed by atoms with van der Waals surface area (Å²) in [4.78, 5) is 37.6. The number of halogens is 3. The molecule has 2 aromatic heterocycles. The van der Waals surface area contributed by atoms with Gasteiger partial charge in [-0.15, -0.1) is 0 Å². The molecule has 6 rings (SSSR count). The predicted octanol–water partition coefficient (Wildman–Crippen LogP) is 6.50. The van der Waals surface area contributed by atoms with Crippen molar-refractivity contribution in [3.63, 3.8) is 0 Å². The summed E-state index contributed by atoms with van der Waals surface area (Å²) in [5.74, 6) is -1.25. The minimum Gasteiger partial charge on any atom is -0.496 e. The maximum atomic E-state index is 14.9. The van der Waals surface area contributed by atoms with Crippen molar-refractivity contribution in [1.82, 2.24) is 15.3 Å². The molecule has 2 atom stereocenters. The molecule has 14 heteroatoms. The summed E-state index contributed by atoms with van der Waals surface area (Å²) in [5, 5.41) is 4.20. The smallest absolute Gasteiger partial charge is 0.496 e. The second-order valence-corrected chi connectivity index (χ2v) is 13.3. The molecule has 1 N–H and O–H groups in total.